The summed E-state index contributed by atoms with van der Waals surface area (Å²) in [6, 6.07) is 0.307. The first-order valence-corrected chi connectivity index (χ1v) is 7.42. The Morgan fingerprint density at radius 2 is 2.05 bits per heavy atom. The van der Waals surface area contributed by atoms with Gasteiger partial charge in [0.25, 0.3) is 0 Å². The maximum atomic E-state index is 12.0. The number of nitrogens with zero attached hydrogens (tertiary/aromatic N) is 2. The van der Waals surface area contributed by atoms with Crippen LogP contribution in [0.4, 0.5) is 4.79 Å². The molecule has 0 atom stereocenters. The third kappa shape index (κ3) is 3.12. The van der Waals surface area contributed by atoms with Crippen LogP contribution in [0.1, 0.15) is 43.7 Å². The Kier molecular flexibility index (Phi) is 4.20. The standard InChI is InChI=1S/C14H21N3O3/c18-14(17-6-2-1-3-7-17)20-13-15-10-12(16-13)11-4-8-19-9-5-11/h10-11H,1-9H2,(H,15,16). The molecule has 6 nitrogen and oxygen atoms in total. The van der Waals surface area contributed by atoms with E-state index in [1.165, 1.54) is 6.42 Å². The van der Waals surface area contributed by atoms with E-state index in [1.807, 2.05) is 0 Å². The van der Waals surface area contributed by atoms with E-state index in [0.717, 1.165) is 57.7 Å². The number of carbonyl (C=O) groups excluding carboxylic acids is 1. The normalized spacial score (nSPS) is 20.9. The molecule has 1 amide bonds. The SMILES string of the molecule is O=C(Oc1ncc(C2CCOCC2)[nH]1)N1CCCCC1. The molecular weight excluding hydrogens is 258 g/mol. The summed E-state index contributed by atoms with van der Waals surface area (Å²) in [5, 5.41) is 0. The summed E-state index contributed by atoms with van der Waals surface area (Å²) in [7, 11) is 0. The van der Waals surface area contributed by atoms with Crippen molar-refractivity contribution in [2.24, 2.45) is 0 Å². The van der Waals surface area contributed by atoms with Gasteiger partial charge in [0.05, 0.1) is 6.20 Å². The Balaban J connectivity index is 1.57. The number of hydrogen-bond acceptors (Lipinski definition) is 4. The van der Waals surface area contributed by atoms with E-state index in [1.54, 1.807) is 11.1 Å². The monoisotopic (exact) mass is 279 g/mol. The number of ether oxygens (including phenoxy) is 2. The number of hydrogen-bond donors (Lipinski definition) is 1. The first-order valence-electron chi connectivity index (χ1n) is 7.42. The van der Waals surface area contributed by atoms with Gasteiger partial charge in [-0.2, -0.15) is 0 Å². The molecule has 0 unspecified atom stereocenters. The molecule has 0 aromatic carbocycles. The highest BCUT2D eigenvalue weighted by Gasteiger charge is 2.21. The number of rotatable bonds is 2. The van der Waals surface area contributed by atoms with Crippen LogP contribution in [0.5, 0.6) is 6.01 Å². The number of amides is 1. The summed E-state index contributed by atoms with van der Waals surface area (Å²) in [4.78, 5) is 21.0. The number of imidazole rings is 1. The summed E-state index contributed by atoms with van der Waals surface area (Å²) in [5.41, 5.74) is 1.04. The molecule has 0 bridgehead atoms. The number of nitrogens with one attached hydrogen (secondary N) is 1. The number of carbonyl (C=O) groups is 1. The van der Waals surface area contributed by atoms with Gasteiger partial charge in [0.15, 0.2) is 0 Å². The van der Waals surface area contributed by atoms with Crippen molar-refractivity contribution in [3.63, 3.8) is 0 Å². The fourth-order valence-electron chi connectivity index (χ4n) is 2.81. The van der Waals surface area contributed by atoms with Gasteiger partial charge in [-0.05, 0) is 32.1 Å². The van der Waals surface area contributed by atoms with E-state index >= 15 is 0 Å². The van der Waals surface area contributed by atoms with Crippen LogP contribution in [0, 0.1) is 0 Å². The molecule has 0 aliphatic carbocycles. The van der Waals surface area contributed by atoms with Crippen molar-refractivity contribution in [3.05, 3.63) is 11.9 Å². The minimum absolute atomic E-state index is 0.294. The van der Waals surface area contributed by atoms with E-state index in [-0.39, 0.29) is 6.09 Å². The average molecular weight is 279 g/mol. The highest BCUT2D eigenvalue weighted by molar-refractivity contribution is 5.69. The van der Waals surface area contributed by atoms with Gasteiger partial charge < -0.3 is 19.4 Å². The van der Waals surface area contributed by atoms with E-state index in [9.17, 15) is 4.79 Å². The largest absolute Gasteiger partial charge is 0.417 e. The zero-order valence-electron chi connectivity index (χ0n) is 11.6. The molecule has 3 heterocycles. The molecule has 0 spiro atoms. The van der Waals surface area contributed by atoms with Crippen molar-refractivity contribution in [1.82, 2.24) is 14.9 Å². The van der Waals surface area contributed by atoms with Crippen molar-refractivity contribution in [2.45, 2.75) is 38.0 Å². The molecule has 110 valence electrons. The smallest absolute Gasteiger partial charge is 0.381 e. The van der Waals surface area contributed by atoms with Gasteiger partial charge >= 0.3 is 12.1 Å². The lowest BCUT2D eigenvalue weighted by molar-refractivity contribution is 0.0844. The van der Waals surface area contributed by atoms with Crippen molar-refractivity contribution in [3.8, 4) is 6.01 Å². The van der Waals surface area contributed by atoms with Crippen LogP contribution in [0.25, 0.3) is 0 Å². The number of H-pyrrole nitrogens is 1. The molecule has 0 radical (unpaired) electrons. The topological polar surface area (TPSA) is 67.5 Å². The van der Waals surface area contributed by atoms with Crippen LogP contribution in [0.3, 0.4) is 0 Å². The molecule has 2 aliphatic heterocycles. The number of aromatic nitrogens is 2. The van der Waals surface area contributed by atoms with Crippen LogP contribution >= 0.6 is 0 Å². The van der Waals surface area contributed by atoms with Crippen molar-refractivity contribution < 1.29 is 14.3 Å². The predicted molar refractivity (Wildman–Crippen MR) is 72.8 cm³/mol. The van der Waals surface area contributed by atoms with E-state index in [4.69, 9.17) is 9.47 Å². The Morgan fingerprint density at radius 1 is 1.30 bits per heavy atom. The van der Waals surface area contributed by atoms with Gasteiger partial charge in [-0.1, -0.05) is 0 Å². The highest BCUT2D eigenvalue weighted by Crippen LogP contribution is 2.26. The zero-order valence-corrected chi connectivity index (χ0v) is 11.6. The lowest BCUT2D eigenvalue weighted by Crippen LogP contribution is -2.37. The first-order chi connectivity index (χ1) is 9.83. The molecular formula is C14H21N3O3. The molecule has 2 saturated heterocycles. The molecule has 6 heteroatoms. The van der Waals surface area contributed by atoms with E-state index in [2.05, 4.69) is 9.97 Å². The molecule has 1 aromatic rings. The number of aromatic amines is 1. The predicted octanol–water partition coefficient (Wildman–Crippen LogP) is 2.29. The minimum atomic E-state index is -0.294. The van der Waals surface area contributed by atoms with Crippen molar-refractivity contribution in [2.75, 3.05) is 26.3 Å². The Labute approximate surface area is 118 Å². The molecule has 1 N–H and O–H groups in total. The highest BCUT2D eigenvalue weighted by atomic mass is 16.6. The minimum Gasteiger partial charge on any atom is -0.381 e. The fourth-order valence-corrected chi connectivity index (χ4v) is 2.81. The lowest BCUT2D eigenvalue weighted by Gasteiger charge is -2.25. The van der Waals surface area contributed by atoms with Gasteiger partial charge in [0.2, 0.25) is 0 Å². The second-order valence-electron chi connectivity index (χ2n) is 5.45. The molecule has 20 heavy (non-hydrogen) atoms. The van der Waals surface area contributed by atoms with Crippen LogP contribution in [0.15, 0.2) is 6.20 Å². The van der Waals surface area contributed by atoms with E-state index < -0.39 is 0 Å². The Hall–Kier alpha value is -1.56. The maximum absolute atomic E-state index is 12.0. The fraction of sp³-hybridized carbons (Fsp3) is 0.714. The second kappa shape index (κ2) is 6.26. The first kappa shape index (κ1) is 13.4. The zero-order chi connectivity index (χ0) is 13.8. The van der Waals surface area contributed by atoms with Crippen molar-refractivity contribution >= 4 is 6.09 Å². The molecule has 0 saturated carbocycles. The van der Waals surface area contributed by atoms with Gasteiger partial charge in [-0.25, -0.2) is 9.78 Å². The molecule has 2 aliphatic rings. The summed E-state index contributed by atoms with van der Waals surface area (Å²) in [6.07, 6.45) is 6.76. The van der Waals surface area contributed by atoms with Gasteiger partial charge in [0.1, 0.15) is 0 Å². The summed E-state index contributed by atoms with van der Waals surface area (Å²) >= 11 is 0. The third-order valence-corrected chi connectivity index (χ3v) is 4.03. The second-order valence-corrected chi connectivity index (χ2v) is 5.45. The Morgan fingerprint density at radius 3 is 2.80 bits per heavy atom. The third-order valence-electron chi connectivity index (χ3n) is 4.03. The average Bonchev–Trinajstić information content (AvgIpc) is 2.97. The quantitative estimate of drug-likeness (QED) is 0.902. The Bertz CT molecular complexity index is 448. The van der Waals surface area contributed by atoms with Gasteiger partial charge in [-0.15, -0.1) is 0 Å². The van der Waals surface area contributed by atoms with Gasteiger partial charge in [-0.3, -0.25) is 0 Å². The molecule has 2 fully saturated rings. The van der Waals surface area contributed by atoms with Crippen molar-refractivity contribution in [1.29, 1.82) is 0 Å². The molecule has 3 rings (SSSR count). The van der Waals surface area contributed by atoms with E-state index in [0.29, 0.717) is 11.9 Å². The summed E-state index contributed by atoms with van der Waals surface area (Å²) < 4.78 is 10.7. The number of piperidine rings is 1. The lowest BCUT2D eigenvalue weighted by atomic mass is 9.97. The summed E-state index contributed by atoms with van der Waals surface area (Å²) in [5.74, 6) is 0.429. The maximum Gasteiger partial charge on any atom is 0.417 e. The van der Waals surface area contributed by atoms with Crippen LogP contribution < -0.4 is 4.74 Å². The van der Waals surface area contributed by atoms with Crippen LogP contribution in [-0.2, 0) is 4.74 Å². The van der Waals surface area contributed by atoms with Crippen LogP contribution in [0.2, 0.25) is 0 Å². The number of likely N-dealkylation sites (tertiary alicyclic amines) is 1. The summed E-state index contributed by atoms with van der Waals surface area (Å²) in [6.45, 7) is 3.14. The molecule has 1 aromatic heterocycles. The van der Waals surface area contributed by atoms with Gasteiger partial charge in [0, 0.05) is 37.9 Å². The van der Waals surface area contributed by atoms with Crippen LogP contribution in [-0.4, -0.2) is 47.3 Å².